The number of aryl methyl sites for hydroxylation is 2. The Bertz CT molecular complexity index is 558. The van der Waals surface area contributed by atoms with Gasteiger partial charge in [-0.2, -0.15) is 0 Å². The third-order valence-corrected chi connectivity index (χ3v) is 2.65. The van der Waals surface area contributed by atoms with Gasteiger partial charge in [0.25, 0.3) is 0 Å². The largest absolute Gasteiger partial charge is 0.476 e. The lowest BCUT2D eigenvalue weighted by molar-refractivity contribution is 0.0691. The molecule has 0 bridgehead atoms. The Kier molecular flexibility index (Phi) is 2.95. The first-order valence-electron chi connectivity index (χ1n) is 5.51. The number of H-pyrrole nitrogens is 1. The Morgan fingerprint density at radius 1 is 1.35 bits per heavy atom. The maximum Gasteiger partial charge on any atom is 0.355 e. The number of nitrogens with zero attached hydrogens (tertiary/aromatic N) is 1. The molecule has 0 atom stereocenters. The van der Waals surface area contributed by atoms with E-state index in [0.717, 1.165) is 17.8 Å². The summed E-state index contributed by atoms with van der Waals surface area (Å²) in [5.41, 5.74) is 3.30. The zero-order chi connectivity index (χ0) is 12.4. The van der Waals surface area contributed by atoms with E-state index in [-0.39, 0.29) is 5.69 Å². The number of hydrogen-bond donors (Lipinski definition) is 2. The lowest BCUT2D eigenvalue weighted by Crippen LogP contribution is -2.04. The van der Waals surface area contributed by atoms with Gasteiger partial charge in [0.1, 0.15) is 0 Å². The highest BCUT2D eigenvalue weighted by molar-refractivity contribution is 5.93. The Labute approximate surface area is 99.3 Å². The van der Waals surface area contributed by atoms with E-state index in [1.54, 1.807) is 13.0 Å². The minimum Gasteiger partial charge on any atom is -0.476 e. The molecule has 2 aromatic rings. The Hall–Kier alpha value is -2.10. The van der Waals surface area contributed by atoms with Crippen molar-refractivity contribution < 1.29 is 9.90 Å². The van der Waals surface area contributed by atoms with Crippen molar-refractivity contribution in [2.24, 2.45) is 0 Å². The van der Waals surface area contributed by atoms with E-state index in [9.17, 15) is 4.79 Å². The predicted octanol–water partition coefficient (Wildman–Crippen LogP) is 2.65. The van der Waals surface area contributed by atoms with Gasteiger partial charge in [-0.15, -0.1) is 0 Å². The Morgan fingerprint density at radius 3 is 2.71 bits per heavy atom. The molecule has 4 nitrogen and oxygen atoms in total. The number of hydrogen-bond acceptors (Lipinski definition) is 2. The third-order valence-electron chi connectivity index (χ3n) is 2.65. The van der Waals surface area contributed by atoms with Crippen molar-refractivity contribution in [1.82, 2.24) is 9.97 Å². The molecule has 0 radical (unpaired) electrons. The van der Waals surface area contributed by atoms with Gasteiger partial charge in [-0.1, -0.05) is 6.92 Å². The van der Waals surface area contributed by atoms with Crippen LogP contribution >= 0.6 is 0 Å². The van der Waals surface area contributed by atoms with Crippen molar-refractivity contribution in [2.75, 3.05) is 0 Å². The molecule has 0 aliphatic rings. The van der Waals surface area contributed by atoms with Gasteiger partial charge in [0.15, 0.2) is 5.69 Å². The predicted molar refractivity (Wildman–Crippen MR) is 65.1 cm³/mol. The molecule has 2 N–H and O–H groups in total. The topological polar surface area (TPSA) is 66.0 Å². The first-order valence-corrected chi connectivity index (χ1v) is 5.51. The fraction of sp³-hybridized carbons (Fsp3) is 0.231. The highest BCUT2D eigenvalue weighted by Gasteiger charge is 2.14. The third kappa shape index (κ3) is 2.20. The molecular weight excluding hydrogens is 216 g/mol. The number of aromatic nitrogens is 2. The zero-order valence-electron chi connectivity index (χ0n) is 9.82. The van der Waals surface area contributed by atoms with E-state index in [0.29, 0.717) is 11.3 Å². The number of nitrogens with one attached hydrogen (secondary N) is 1. The fourth-order valence-corrected chi connectivity index (χ4v) is 1.74. The number of aromatic carboxylic acids is 1. The highest BCUT2D eigenvalue weighted by Crippen LogP contribution is 2.22. The van der Waals surface area contributed by atoms with Crippen LogP contribution in [0.15, 0.2) is 24.3 Å². The van der Waals surface area contributed by atoms with Gasteiger partial charge in [-0.3, -0.25) is 0 Å². The minimum absolute atomic E-state index is 0.0921. The molecule has 2 heterocycles. The Balaban J connectivity index is 2.54. The lowest BCUT2D eigenvalue weighted by atomic mass is 10.1. The van der Waals surface area contributed by atoms with Crippen LogP contribution in [0.3, 0.4) is 0 Å². The summed E-state index contributed by atoms with van der Waals surface area (Å²) in [6, 6.07) is 7.45. The summed E-state index contributed by atoms with van der Waals surface area (Å²) in [4.78, 5) is 18.4. The standard InChI is InChI=1S/C13H14N2O2/c1-3-9-5-7-11(15-9)10-6-4-8(2)14-12(10)13(16)17/h4-7,15H,3H2,1-2H3,(H,16,17). The molecule has 0 spiro atoms. The van der Waals surface area contributed by atoms with Crippen molar-refractivity contribution in [3.63, 3.8) is 0 Å². The van der Waals surface area contributed by atoms with E-state index in [2.05, 4.69) is 9.97 Å². The summed E-state index contributed by atoms with van der Waals surface area (Å²) >= 11 is 0. The van der Waals surface area contributed by atoms with Gasteiger partial charge in [0.2, 0.25) is 0 Å². The number of aromatic amines is 1. The smallest absolute Gasteiger partial charge is 0.355 e. The molecule has 0 saturated carbocycles. The second-order valence-corrected chi connectivity index (χ2v) is 3.90. The average molecular weight is 230 g/mol. The zero-order valence-corrected chi connectivity index (χ0v) is 9.82. The molecule has 17 heavy (non-hydrogen) atoms. The van der Waals surface area contributed by atoms with Crippen LogP contribution in [-0.4, -0.2) is 21.0 Å². The van der Waals surface area contributed by atoms with Crippen LogP contribution in [0, 0.1) is 6.92 Å². The summed E-state index contributed by atoms with van der Waals surface area (Å²) < 4.78 is 0. The second kappa shape index (κ2) is 4.41. The molecule has 0 aromatic carbocycles. The van der Waals surface area contributed by atoms with Gasteiger partial charge in [0.05, 0.1) is 0 Å². The fourth-order valence-electron chi connectivity index (χ4n) is 1.74. The van der Waals surface area contributed by atoms with Crippen LogP contribution in [0.4, 0.5) is 0 Å². The number of pyridine rings is 1. The number of carboxylic acid groups (broad SMARTS) is 1. The molecule has 2 rings (SSSR count). The van der Waals surface area contributed by atoms with Crippen LogP contribution in [0.25, 0.3) is 11.3 Å². The van der Waals surface area contributed by atoms with Gasteiger partial charge >= 0.3 is 5.97 Å². The molecule has 0 amide bonds. The molecule has 0 aliphatic carbocycles. The Morgan fingerprint density at radius 2 is 2.12 bits per heavy atom. The van der Waals surface area contributed by atoms with Crippen molar-refractivity contribution in [3.05, 3.63) is 41.3 Å². The van der Waals surface area contributed by atoms with Crippen molar-refractivity contribution in [3.8, 4) is 11.3 Å². The van der Waals surface area contributed by atoms with Crippen LogP contribution in [0.1, 0.15) is 28.8 Å². The average Bonchev–Trinajstić information content (AvgIpc) is 2.77. The summed E-state index contributed by atoms with van der Waals surface area (Å²) in [6.07, 6.45) is 0.891. The molecule has 0 unspecified atom stereocenters. The molecule has 0 saturated heterocycles. The quantitative estimate of drug-likeness (QED) is 0.851. The van der Waals surface area contributed by atoms with Crippen LogP contribution in [0.2, 0.25) is 0 Å². The van der Waals surface area contributed by atoms with Gasteiger partial charge in [-0.25, -0.2) is 9.78 Å². The minimum atomic E-state index is -1.00. The van der Waals surface area contributed by atoms with E-state index in [1.165, 1.54) is 0 Å². The van der Waals surface area contributed by atoms with E-state index in [4.69, 9.17) is 5.11 Å². The molecule has 2 aromatic heterocycles. The van der Waals surface area contributed by atoms with Crippen molar-refractivity contribution in [2.45, 2.75) is 20.3 Å². The van der Waals surface area contributed by atoms with Crippen LogP contribution in [0.5, 0.6) is 0 Å². The summed E-state index contributed by atoms with van der Waals surface area (Å²) in [5, 5.41) is 9.14. The van der Waals surface area contributed by atoms with Crippen LogP contribution < -0.4 is 0 Å². The van der Waals surface area contributed by atoms with E-state index in [1.807, 2.05) is 25.1 Å². The first kappa shape index (κ1) is 11.4. The molecule has 0 fully saturated rings. The van der Waals surface area contributed by atoms with Gasteiger partial charge < -0.3 is 10.1 Å². The maximum absolute atomic E-state index is 11.1. The van der Waals surface area contributed by atoms with Gasteiger partial charge in [0, 0.05) is 22.6 Å². The maximum atomic E-state index is 11.1. The number of carbonyl (C=O) groups is 1. The van der Waals surface area contributed by atoms with Gasteiger partial charge in [-0.05, 0) is 37.6 Å². The second-order valence-electron chi connectivity index (χ2n) is 3.90. The molecule has 4 heteroatoms. The molecule has 88 valence electrons. The van der Waals surface area contributed by atoms with E-state index >= 15 is 0 Å². The van der Waals surface area contributed by atoms with Crippen molar-refractivity contribution in [1.29, 1.82) is 0 Å². The van der Waals surface area contributed by atoms with Crippen molar-refractivity contribution >= 4 is 5.97 Å². The molecule has 0 aliphatic heterocycles. The molecular formula is C13H14N2O2. The number of carboxylic acids is 1. The highest BCUT2D eigenvalue weighted by atomic mass is 16.4. The van der Waals surface area contributed by atoms with Crippen LogP contribution in [-0.2, 0) is 6.42 Å². The SMILES string of the molecule is CCc1ccc(-c2ccc(C)nc2C(=O)O)[nH]1. The lowest BCUT2D eigenvalue weighted by Gasteiger charge is -2.04. The number of rotatable bonds is 3. The normalized spacial score (nSPS) is 10.5. The summed E-state index contributed by atoms with van der Waals surface area (Å²) in [6.45, 7) is 3.82. The monoisotopic (exact) mass is 230 g/mol. The summed E-state index contributed by atoms with van der Waals surface area (Å²) in [5.74, 6) is -1.00. The van der Waals surface area contributed by atoms with E-state index < -0.39 is 5.97 Å². The summed E-state index contributed by atoms with van der Waals surface area (Å²) in [7, 11) is 0. The first-order chi connectivity index (χ1) is 8.11.